The van der Waals surface area contributed by atoms with E-state index in [4.69, 9.17) is 14.6 Å². The number of anilines is 2. The molecule has 2 aromatic heterocycles. The second-order valence-corrected chi connectivity index (χ2v) is 7.61. The lowest BCUT2D eigenvalue weighted by Crippen LogP contribution is -2.47. The van der Waals surface area contributed by atoms with Crippen molar-refractivity contribution in [2.75, 3.05) is 50.2 Å². The van der Waals surface area contributed by atoms with E-state index in [-0.39, 0.29) is 5.82 Å². The van der Waals surface area contributed by atoms with Gasteiger partial charge in [0.2, 0.25) is 0 Å². The summed E-state index contributed by atoms with van der Waals surface area (Å²) in [5.41, 5.74) is 3.34. The molecule has 7 nitrogen and oxygen atoms in total. The van der Waals surface area contributed by atoms with Crippen LogP contribution in [0.2, 0.25) is 0 Å². The van der Waals surface area contributed by atoms with Crippen LogP contribution in [0.3, 0.4) is 0 Å². The van der Waals surface area contributed by atoms with Crippen LogP contribution in [0.25, 0.3) is 16.8 Å². The molecule has 0 bridgehead atoms. The summed E-state index contributed by atoms with van der Waals surface area (Å²) in [7, 11) is 3.24. The van der Waals surface area contributed by atoms with Gasteiger partial charge >= 0.3 is 0 Å². The van der Waals surface area contributed by atoms with Gasteiger partial charge in [-0.05, 0) is 36.4 Å². The molecule has 0 amide bonds. The lowest BCUT2D eigenvalue weighted by molar-refractivity contribution is 0.355. The van der Waals surface area contributed by atoms with Crippen molar-refractivity contribution in [2.24, 2.45) is 0 Å². The van der Waals surface area contributed by atoms with Gasteiger partial charge in [-0.2, -0.15) is 5.10 Å². The van der Waals surface area contributed by atoms with Gasteiger partial charge in [0.1, 0.15) is 11.3 Å². The van der Waals surface area contributed by atoms with Crippen molar-refractivity contribution in [2.45, 2.75) is 0 Å². The van der Waals surface area contributed by atoms with Crippen molar-refractivity contribution in [1.29, 1.82) is 0 Å². The van der Waals surface area contributed by atoms with Gasteiger partial charge in [0.15, 0.2) is 17.3 Å². The van der Waals surface area contributed by atoms with Crippen molar-refractivity contribution < 1.29 is 13.9 Å². The average molecular weight is 433 g/mol. The maximum Gasteiger partial charge on any atom is 0.161 e. The zero-order valence-corrected chi connectivity index (χ0v) is 18.0. The largest absolute Gasteiger partial charge is 0.493 e. The van der Waals surface area contributed by atoms with Crippen LogP contribution in [0.1, 0.15) is 0 Å². The van der Waals surface area contributed by atoms with Crippen molar-refractivity contribution in [3.63, 3.8) is 0 Å². The molecule has 0 N–H and O–H groups in total. The van der Waals surface area contributed by atoms with Crippen molar-refractivity contribution in [3.8, 4) is 22.8 Å². The third-order valence-corrected chi connectivity index (χ3v) is 5.82. The molecule has 1 aliphatic heterocycles. The number of halogens is 1. The lowest BCUT2D eigenvalue weighted by atomic mass is 10.1. The Morgan fingerprint density at radius 2 is 1.62 bits per heavy atom. The monoisotopic (exact) mass is 433 g/mol. The van der Waals surface area contributed by atoms with Gasteiger partial charge in [0.25, 0.3) is 0 Å². The Kier molecular flexibility index (Phi) is 5.26. The molecule has 0 saturated carbocycles. The van der Waals surface area contributed by atoms with Crippen molar-refractivity contribution >= 4 is 17.0 Å². The zero-order chi connectivity index (χ0) is 22.1. The first-order valence-electron chi connectivity index (χ1n) is 10.5. The van der Waals surface area contributed by atoms with Gasteiger partial charge < -0.3 is 19.3 Å². The Bertz CT molecular complexity index is 1250. The fraction of sp³-hybridized carbons (Fsp3) is 0.250. The first-order valence-corrected chi connectivity index (χ1v) is 10.5. The number of piperazine rings is 1. The minimum Gasteiger partial charge on any atom is -0.493 e. The zero-order valence-electron chi connectivity index (χ0n) is 18.0. The summed E-state index contributed by atoms with van der Waals surface area (Å²) in [4.78, 5) is 8.95. The molecule has 32 heavy (non-hydrogen) atoms. The first kappa shape index (κ1) is 20.1. The molecule has 164 valence electrons. The summed E-state index contributed by atoms with van der Waals surface area (Å²) in [6.45, 7) is 2.94. The summed E-state index contributed by atoms with van der Waals surface area (Å²) < 4.78 is 26.8. The molecular formula is C24H24FN5O2. The quantitative estimate of drug-likeness (QED) is 0.476. The van der Waals surface area contributed by atoms with Gasteiger partial charge in [0, 0.05) is 44.1 Å². The summed E-state index contributed by atoms with van der Waals surface area (Å²) >= 11 is 0. The predicted molar refractivity (Wildman–Crippen MR) is 122 cm³/mol. The Morgan fingerprint density at radius 3 is 2.38 bits per heavy atom. The van der Waals surface area contributed by atoms with E-state index >= 15 is 0 Å². The minimum absolute atomic E-state index is 0.184. The number of ether oxygens (including phenoxy) is 2. The number of nitrogens with zero attached hydrogens (tertiary/aromatic N) is 5. The predicted octanol–water partition coefficient (Wildman–Crippen LogP) is 3.88. The Balaban J connectivity index is 1.42. The second-order valence-electron chi connectivity index (χ2n) is 7.61. The molecule has 5 rings (SSSR count). The van der Waals surface area contributed by atoms with Crippen LogP contribution in [-0.2, 0) is 0 Å². The van der Waals surface area contributed by atoms with Gasteiger partial charge in [-0.1, -0.05) is 12.1 Å². The van der Waals surface area contributed by atoms with Gasteiger partial charge in [-0.15, -0.1) is 0 Å². The van der Waals surface area contributed by atoms with E-state index < -0.39 is 0 Å². The molecule has 1 saturated heterocycles. The maximum absolute atomic E-state index is 14.2. The SMILES string of the molecule is COc1ccc(-c2cc3c(N4CCN(c5ccccc5F)CC4)nccn3n2)cc1OC. The number of hydrogen-bond acceptors (Lipinski definition) is 6. The molecule has 0 atom stereocenters. The molecule has 1 aliphatic rings. The van der Waals surface area contributed by atoms with E-state index in [1.165, 1.54) is 6.07 Å². The Labute approximate surface area is 185 Å². The van der Waals surface area contributed by atoms with Gasteiger partial charge in [0.05, 0.1) is 25.6 Å². The highest BCUT2D eigenvalue weighted by Gasteiger charge is 2.22. The standard InChI is InChI=1S/C24H24FN5O2/c1-31-22-8-7-17(15-23(22)32-2)19-16-21-24(26-9-10-30(21)27-19)29-13-11-28(12-14-29)20-6-4-3-5-18(20)25/h3-10,15-16H,11-14H2,1-2H3. The molecule has 0 radical (unpaired) electrons. The van der Waals surface area contributed by atoms with Crippen LogP contribution in [0.15, 0.2) is 60.9 Å². The number of aromatic nitrogens is 3. The number of para-hydroxylation sites is 1. The maximum atomic E-state index is 14.2. The molecule has 2 aromatic carbocycles. The molecule has 3 heterocycles. The number of rotatable bonds is 5. The van der Waals surface area contributed by atoms with Crippen LogP contribution in [0.5, 0.6) is 11.5 Å². The van der Waals surface area contributed by atoms with E-state index in [9.17, 15) is 4.39 Å². The Hall–Kier alpha value is -3.81. The topological polar surface area (TPSA) is 55.1 Å². The highest BCUT2D eigenvalue weighted by atomic mass is 19.1. The summed E-state index contributed by atoms with van der Waals surface area (Å²) in [6.07, 6.45) is 3.61. The van der Waals surface area contributed by atoms with Crippen LogP contribution in [0.4, 0.5) is 15.9 Å². The fourth-order valence-corrected chi connectivity index (χ4v) is 4.16. The van der Waals surface area contributed by atoms with E-state index in [0.717, 1.165) is 48.8 Å². The molecular weight excluding hydrogens is 409 g/mol. The molecule has 8 heteroatoms. The number of fused-ring (bicyclic) bond motifs is 1. The number of hydrogen-bond donors (Lipinski definition) is 0. The summed E-state index contributed by atoms with van der Waals surface area (Å²) in [5, 5.41) is 4.74. The van der Waals surface area contributed by atoms with Crippen LogP contribution in [0, 0.1) is 5.82 Å². The Morgan fingerprint density at radius 1 is 0.875 bits per heavy atom. The van der Waals surface area contributed by atoms with Crippen LogP contribution >= 0.6 is 0 Å². The normalized spacial score (nSPS) is 14.1. The van der Waals surface area contributed by atoms with E-state index in [2.05, 4.69) is 14.8 Å². The van der Waals surface area contributed by atoms with Gasteiger partial charge in [-0.25, -0.2) is 13.9 Å². The summed E-state index contributed by atoms with van der Waals surface area (Å²) in [5.74, 6) is 2.02. The highest BCUT2D eigenvalue weighted by molar-refractivity contribution is 5.76. The van der Waals surface area contributed by atoms with Crippen molar-refractivity contribution in [1.82, 2.24) is 14.6 Å². The van der Waals surface area contributed by atoms with E-state index in [0.29, 0.717) is 17.2 Å². The van der Waals surface area contributed by atoms with Gasteiger partial charge in [-0.3, -0.25) is 0 Å². The third-order valence-electron chi connectivity index (χ3n) is 5.82. The summed E-state index contributed by atoms with van der Waals surface area (Å²) in [6, 6.07) is 14.7. The van der Waals surface area contributed by atoms with Crippen LogP contribution in [-0.4, -0.2) is 55.0 Å². The molecule has 0 aliphatic carbocycles. The smallest absolute Gasteiger partial charge is 0.161 e. The van der Waals surface area contributed by atoms with Crippen LogP contribution < -0.4 is 19.3 Å². The lowest BCUT2D eigenvalue weighted by Gasteiger charge is -2.36. The highest BCUT2D eigenvalue weighted by Crippen LogP contribution is 2.33. The molecule has 1 fully saturated rings. The third kappa shape index (κ3) is 3.57. The number of methoxy groups -OCH3 is 2. The average Bonchev–Trinajstić information content (AvgIpc) is 3.28. The van der Waals surface area contributed by atoms with E-state index in [1.807, 2.05) is 47.1 Å². The second kappa shape index (κ2) is 8.37. The number of benzene rings is 2. The molecule has 4 aromatic rings. The molecule has 0 unspecified atom stereocenters. The van der Waals surface area contributed by atoms with E-state index in [1.54, 1.807) is 26.5 Å². The first-order chi connectivity index (χ1) is 15.7. The minimum atomic E-state index is -0.184. The molecule has 0 spiro atoms. The van der Waals surface area contributed by atoms with Crippen molar-refractivity contribution in [3.05, 3.63) is 66.7 Å². The fourth-order valence-electron chi connectivity index (χ4n) is 4.16.